The van der Waals surface area contributed by atoms with Gasteiger partial charge in [0.2, 0.25) is 0 Å². The van der Waals surface area contributed by atoms with Crippen molar-refractivity contribution in [1.29, 1.82) is 0 Å². The molecule has 0 aliphatic carbocycles. The summed E-state index contributed by atoms with van der Waals surface area (Å²) < 4.78 is 5.55. The van der Waals surface area contributed by atoms with Crippen LogP contribution in [-0.2, 0) is 0 Å². The lowest BCUT2D eigenvalue weighted by Gasteiger charge is -2.07. The molecule has 1 nitrogen and oxygen atoms in total. The van der Waals surface area contributed by atoms with E-state index in [0.717, 1.165) is 16.9 Å². The van der Waals surface area contributed by atoms with Gasteiger partial charge in [-0.05, 0) is 24.4 Å². The van der Waals surface area contributed by atoms with E-state index in [1.54, 1.807) is 11.3 Å². The Morgan fingerprint density at radius 2 is 2.14 bits per heavy atom. The molecule has 0 saturated carbocycles. The van der Waals surface area contributed by atoms with Crippen molar-refractivity contribution in [1.82, 2.24) is 0 Å². The summed E-state index contributed by atoms with van der Waals surface area (Å²) in [7, 11) is 0. The van der Waals surface area contributed by atoms with Crippen LogP contribution in [0.2, 0.25) is 0 Å². The van der Waals surface area contributed by atoms with Gasteiger partial charge in [-0.15, -0.1) is 11.3 Å². The Bertz CT molecular complexity index is 392. The Morgan fingerprint density at radius 1 is 1.29 bits per heavy atom. The van der Waals surface area contributed by atoms with Gasteiger partial charge in [0.25, 0.3) is 0 Å². The van der Waals surface area contributed by atoms with Crippen molar-refractivity contribution >= 4 is 11.3 Å². The van der Waals surface area contributed by atoms with Crippen LogP contribution >= 0.6 is 11.3 Å². The molecule has 0 amide bonds. The fraction of sp³-hybridized carbons (Fsp3) is 0.167. The Morgan fingerprint density at radius 3 is 2.86 bits per heavy atom. The summed E-state index contributed by atoms with van der Waals surface area (Å²) in [6.07, 6.45) is 0. The minimum atomic E-state index is 0.696. The van der Waals surface area contributed by atoms with Crippen molar-refractivity contribution in [2.75, 3.05) is 6.61 Å². The van der Waals surface area contributed by atoms with E-state index in [2.05, 4.69) is 17.5 Å². The van der Waals surface area contributed by atoms with Crippen molar-refractivity contribution in [3.8, 4) is 16.9 Å². The van der Waals surface area contributed by atoms with Crippen molar-refractivity contribution < 1.29 is 4.74 Å². The third-order valence-corrected chi connectivity index (χ3v) is 2.56. The van der Waals surface area contributed by atoms with Gasteiger partial charge in [-0.2, -0.15) is 0 Å². The number of benzene rings is 1. The zero-order chi connectivity index (χ0) is 9.80. The molecule has 2 aromatic rings. The van der Waals surface area contributed by atoms with Crippen LogP contribution in [0.5, 0.6) is 5.75 Å². The molecule has 14 heavy (non-hydrogen) atoms. The maximum atomic E-state index is 5.55. The molecule has 0 spiro atoms. The highest BCUT2D eigenvalue weighted by Crippen LogP contribution is 2.30. The van der Waals surface area contributed by atoms with Gasteiger partial charge < -0.3 is 4.74 Å². The molecule has 2 rings (SSSR count). The first kappa shape index (κ1) is 9.28. The summed E-state index contributed by atoms with van der Waals surface area (Å²) in [6, 6.07) is 10.1. The number of ether oxygens (including phenoxy) is 1. The third-order valence-electron chi connectivity index (χ3n) is 1.95. The van der Waals surface area contributed by atoms with E-state index in [4.69, 9.17) is 4.74 Å². The first-order valence-corrected chi connectivity index (χ1v) is 5.47. The van der Waals surface area contributed by atoms with E-state index in [0.29, 0.717) is 6.61 Å². The molecule has 71 valence electrons. The van der Waals surface area contributed by atoms with Crippen LogP contribution in [0.4, 0.5) is 0 Å². The summed E-state index contributed by atoms with van der Waals surface area (Å²) >= 11 is 1.58. The summed E-state index contributed by atoms with van der Waals surface area (Å²) in [5, 5.41) is 5.24. The monoisotopic (exact) mass is 203 g/mol. The summed E-state index contributed by atoms with van der Waals surface area (Å²) in [5.74, 6) is 0.935. The van der Waals surface area contributed by atoms with Gasteiger partial charge in [0.1, 0.15) is 5.75 Å². The molecular formula is C12H11OS. The van der Waals surface area contributed by atoms with Crippen LogP contribution in [0.15, 0.2) is 35.7 Å². The molecule has 0 aliphatic rings. The van der Waals surface area contributed by atoms with Crippen LogP contribution < -0.4 is 4.74 Å². The summed E-state index contributed by atoms with van der Waals surface area (Å²) in [5.41, 5.74) is 2.23. The Kier molecular flexibility index (Phi) is 2.84. The minimum absolute atomic E-state index is 0.696. The van der Waals surface area contributed by atoms with E-state index in [-0.39, 0.29) is 0 Å². The highest BCUT2D eigenvalue weighted by Gasteiger charge is 2.04. The van der Waals surface area contributed by atoms with Crippen LogP contribution in [0, 0.1) is 5.38 Å². The molecule has 0 N–H and O–H groups in total. The molecule has 1 radical (unpaired) electrons. The van der Waals surface area contributed by atoms with Gasteiger partial charge in [0, 0.05) is 11.1 Å². The average molecular weight is 203 g/mol. The van der Waals surface area contributed by atoms with Crippen molar-refractivity contribution in [3.63, 3.8) is 0 Å². The van der Waals surface area contributed by atoms with E-state index in [1.165, 1.54) is 0 Å². The van der Waals surface area contributed by atoms with Crippen molar-refractivity contribution in [2.45, 2.75) is 6.92 Å². The second-order valence-corrected chi connectivity index (χ2v) is 3.58. The third kappa shape index (κ3) is 1.80. The molecule has 1 heterocycles. The van der Waals surface area contributed by atoms with Crippen LogP contribution in [0.1, 0.15) is 6.92 Å². The molecule has 0 aliphatic heterocycles. The van der Waals surface area contributed by atoms with Gasteiger partial charge in [-0.25, -0.2) is 0 Å². The zero-order valence-corrected chi connectivity index (χ0v) is 8.80. The van der Waals surface area contributed by atoms with E-state index in [1.807, 2.05) is 30.5 Å². The SMILES string of the molecule is CCOc1ccccc1-c1[c]scc1. The predicted molar refractivity (Wildman–Crippen MR) is 59.8 cm³/mol. The van der Waals surface area contributed by atoms with Crippen LogP contribution in [0.3, 0.4) is 0 Å². The number of hydrogen-bond donors (Lipinski definition) is 0. The highest BCUT2D eigenvalue weighted by atomic mass is 32.1. The molecule has 2 heteroatoms. The Hall–Kier alpha value is -1.28. The van der Waals surface area contributed by atoms with Gasteiger partial charge in [-0.1, -0.05) is 18.2 Å². The van der Waals surface area contributed by atoms with E-state index < -0.39 is 0 Å². The highest BCUT2D eigenvalue weighted by molar-refractivity contribution is 7.07. The lowest BCUT2D eigenvalue weighted by atomic mass is 10.1. The van der Waals surface area contributed by atoms with Crippen molar-refractivity contribution in [3.05, 3.63) is 41.1 Å². The van der Waals surface area contributed by atoms with Gasteiger partial charge >= 0.3 is 0 Å². The van der Waals surface area contributed by atoms with Crippen LogP contribution in [-0.4, -0.2) is 6.61 Å². The Balaban J connectivity index is 2.42. The Labute approximate surface area is 88.0 Å². The average Bonchev–Trinajstić information content (AvgIpc) is 2.72. The minimum Gasteiger partial charge on any atom is -0.493 e. The second-order valence-electron chi connectivity index (χ2n) is 2.87. The molecule has 0 saturated heterocycles. The standard InChI is InChI=1S/C12H11OS/c1-2-13-12-6-4-3-5-11(12)10-7-8-14-9-10/h3-8H,2H2,1H3. The number of hydrogen-bond acceptors (Lipinski definition) is 2. The lowest BCUT2D eigenvalue weighted by molar-refractivity contribution is 0.341. The topological polar surface area (TPSA) is 9.23 Å². The quantitative estimate of drug-likeness (QED) is 0.740. The first-order valence-electron chi connectivity index (χ1n) is 4.59. The maximum Gasteiger partial charge on any atom is 0.127 e. The number of rotatable bonds is 3. The second kappa shape index (κ2) is 4.29. The molecular weight excluding hydrogens is 192 g/mol. The van der Waals surface area contributed by atoms with E-state index in [9.17, 15) is 0 Å². The maximum absolute atomic E-state index is 5.55. The zero-order valence-electron chi connectivity index (χ0n) is 7.99. The summed E-state index contributed by atoms with van der Waals surface area (Å²) in [4.78, 5) is 0. The molecule has 1 aromatic carbocycles. The predicted octanol–water partition coefficient (Wildman–Crippen LogP) is 3.61. The molecule has 0 bridgehead atoms. The van der Waals surface area contributed by atoms with Crippen LogP contribution in [0.25, 0.3) is 11.1 Å². The number of thiophene rings is 1. The first-order chi connectivity index (χ1) is 6.92. The van der Waals surface area contributed by atoms with E-state index >= 15 is 0 Å². The molecule has 0 atom stereocenters. The largest absolute Gasteiger partial charge is 0.493 e. The van der Waals surface area contributed by atoms with Crippen molar-refractivity contribution in [2.24, 2.45) is 0 Å². The summed E-state index contributed by atoms with van der Waals surface area (Å²) in [6.45, 7) is 2.69. The normalized spacial score (nSPS) is 10.1. The molecule has 1 aromatic heterocycles. The van der Waals surface area contributed by atoms with Gasteiger partial charge in [0.05, 0.1) is 12.0 Å². The smallest absolute Gasteiger partial charge is 0.127 e. The lowest BCUT2D eigenvalue weighted by Crippen LogP contribution is -1.92. The fourth-order valence-electron chi connectivity index (χ4n) is 1.35. The molecule has 0 unspecified atom stereocenters. The number of para-hydroxylation sites is 1. The van der Waals surface area contributed by atoms with Gasteiger partial charge in [-0.3, -0.25) is 0 Å². The molecule has 0 fully saturated rings. The fourth-order valence-corrected chi connectivity index (χ4v) is 1.93. The van der Waals surface area contributed by atoms with Gasteiger partial charge in [0.15, 0.2) is 0 Å².